The molecule has 2 nitrogen and oxygen atoms in total. The number of hydrogen-bond donors (Lipinski definition) is 0. The van der Waals surface area contributed by atoms with E-state index in [0.717, 1.165) is 30.8 Å². The van der Waals surface area contributed by atoms with Gasteiger partial charge in [0.15, 0.2) is 0 Å². The first-order valence-electron chi connectivity index (χ1n) is 5.09. The van der Waals surface area contributed by atoms with Gasteiger partial charge in [-0.05, 0) is 59.4 Å². The molecule has 1 aromatic carbocycles. The number of rotatable bonds is 0. The van der Waals surface area contributed by atoms with Crippen molar-refractivity contribution in [1.82, 2.24) is 0 Å². The molecule has 1 saturated heterocycles. The lowest BCUT2D eigenvalue weighted by atomic mass is 10.1. The Hall–Kier alpha value is -0.550. The summed E-state index contributed by atoms with van der Waals surface area (Å²) in [6.45, 7) is 0.796. The molecule has 0 aliphatic carbocycles. The summed E-state index contributed by atoms with van der Waals surface area (Å²) in [6.07, 6.45) is 6.17. The molecule has 2 aliphatic rings. The molecule has 3 rings (SSSR count). The van der Waals surface area contributed by atoms with Crippen molar-refractivity contribution in [2.45, 2.75) is 18.6 Å². The van der Waals surface area contributed by atoms with Crippen molar-refractivity contribution >= 4 is 28.7 Å². The third kappa shape index (κ3) is 1.67. The molecule has 0 bridgehead atoms. The van der Waals surface area contributed by atoms with Gasteiger partial charge in [0.05, 0.1) is 6.61 Å². The number of ether oxygens (including phenoxy) is 2. The second kappa shape index (κ2) is 3.49. The molecular weight excluding hydrogens is 303 g/mol. The average molecular weight is 314 g/mol. The van der Waals surface area contributed by atoms with Crippen LogP contribution in [-0.2, 0) is 4.74 Å². The summed E-state index contributed by atoms with van der Waals surface area (Å²) < 4.78 is 12.8. The number of hydrogen-bond acceptors (Lipinski definition) is 2. The molecule has 1 fully saturated rings. The topological polar surface area (TPSA) is 18.5 Å². The van der Waals surface area contributed by atoms with Crippen LogP contribution in [0.3, 0.4) is 0 Å². The van der Waals surface area contributed by atoms with E-state index in [1.165, 1.54) is 3.57 Å². The Kier molecular flexibility index (Phi) is 2.25. The van der Waals surface area contributed by atoms with Crippen molar-refractivity contribution in [2.24, 2.45) is 0 Å². The molecule has 3 heteroatoms. The van der Waals surface area contributed by atoms with Crippen LogP contribution in [0.2, 0.25) is 0 Å². The van der Waals surface area contributed by atoms with Gasteiger partial charge >= 0.3 is 0 Å². The molecule has 1 atom stereocenters. The first-order chi connectivity index (χ1) is 7.27. The molecule has 0 amide bonds. The predicted molar refractivity (Wildman–Crippen MR) is 66.7 cm³/mol. The van der Waals surface area contributed by atoms with Crippen molar-refractivity contribution in [3.05, 3.63) is 33.4 Å². The lowest BCUT2D eigenvalue weighted by Gasteiger charge is -2.30. The highest BCUT2D eigenvalue weighted by Crippen LogP contribution is 2.37. The van der Waals surface area contributed by atoms with Crippen LogP contribution in [0.1, 0.15) is 18.4 Å². The lowest BCUT2D eigenvalue weighted by molar-refractivity contribution is -0.110. The number of fused-ring (bicyclic) bond motifs is 1. The highest BCUT2D eigenvalue weighted by Gasteiger charge is 2.37. The summed E-state index contributed by atoms with van der Waals surface area (Å²) in [4.78, 5) is 0. The van der Waals surface area contributed by atoms with E-state index in [9.17, 15) is 0 Å². The standard InChI is InChI=1S/C12H11IO2/c13-10-2-3-11-9(8-10)4-6-12(15-11)5-1-7-14-12/h2-4,6,8H,1,5,7H2. The minimum atomic E-state index is -0.472. The van der Waals surface area contributed by atoms with Crippen LogP contribution in [0, 0.1) is 3.57 Å². The highest BCUT2D eigenvalue weighted by molar-refractivity contribution is 14.1. The monoisotopic (exact) mass is 314 g/mol. The fraction of sp³-hybridized carbons (Fsp3) is 0.333. The largest absolute Gasteiger partial charge is 0.458 e. The van der Waals surface area contributed by atoms with Crippen molar-refractivity contribution in [3.8, 4) is 5.75 Å². The summed E-state index contributed by atoms with van der Waals surface area (Å²) in [5, 5.41) is 0. The van der Waals surface area contributed by atoms with E-state index in [4.69, 9.17) is 9.47 Å². The van der Waals surface area contributed by atoms with Crippen molar-refractivity contribution in [3.63, 3.8) is 0 Å². The van der Waals surface area contributed by atoms with Gasteiger partial charge in [-0.25, -0.2) is 0 Å². The Bertz CT molecular complexity index is 420. The lowest BCUT2D eigenvalue weighted by Crippen LogP contribution is -2.34. The SMILES string of the molecule is Ic1ccc2c(c1)C=CC1(CCCO1)O2. The molecular formula is C12H11IO2. The quantitative estimate of drug-likeness (QED) is 0.685. The molecule has 0 radical (unpaired) electrons. The van der Waals surface area contributed by atoms with E-state index in [1.807, 2.05) is 12.1 Å². The van der Waals surface area contributed by atoms with Crippen LogP contribution in [0.4, 0.5) is 0 Å². The Balaban J connectivity index is 2.00. The molecule has 78 valence electrons. The molecule has 1 aromatic rings. The van der Waals surface area contributed by atoms with E-state index >= 15 is 0 Å². The summed E-state index contributed by atoms with van der Waals surface area (Å²) in [5.74, 6) is 0.458. The van der Waals surface area contributed by atoms with Crippen molar-refractivity contribution in [2.75, 3.05) is 6.61 Å². The van der Waals surface area contributed by atoms with Gasteiger partial charge in [0.2, 0.25) is 5.79 Å². The zero-order chi connectivity index (χ0) is 10.3. The van der Waals surface area contributed by atoms with E-state index < -0.39 is 5.79 Å². The van der Waals surface area contributed by atoms with Gasteiger partial charge in [0, 0.05) is 15.6 Å². The predicted octanol–water partition coefficient (Wildman–Crippen LogP) is 3.20. The molecule has 0 N–H and O–H groups in total. The summed E-state index contributed by atoms with van der Waals surface area (Å²) >= 11 is 2.30. The van der Waals surface area contributed by atoms with Crippen molar-refractivity contribution < 1.29 is 9.47 Å². The molecule has 1 spiro atoms. The van der Waals surface area contributed by atoms with Gasteiger partial charge in [-0.3, -0.25) is 0 Å². The van der Waals surface area contributed by atoms with Gasteiger partial charge < -0.3 is 9.47 Å². The van der Waals surface area contributed by atoms with E-state index in [0.29, 0.717) is 0 Å². The van der Waals surface area contributed by atoms with Gasteiger partial charge in [0.25, 0.3) is 0 Å². The second-order valence-electron chi connectivity index (χ2n) is 3.88. The van der Waals surface area contributed by atoms with Crippen LogP contribution in [0.15, 0.2) is 24.3 Å². The van der Waals surface area contributed by atoms with Gasteiger partial charge in [0.1, 0.15) is 5.75 Å². The third-order valence-corrected chi connectivity index (χ3v) is 3.46. The fourth-order valence-corrected chi connectivity index (χ4v) is 2.54. The molecule has 0 saturated carbocycles. The fourth-order valence-electron chi connectivity index (χ4n) is 2.03. The van der Waals surface area contributed by atoms with Crippen molar-refractivity contribution in [1.29, 1.82) is 0 Å². The minimum Gasteiger partial charge on any atom is -0.458 e. The van der Waals surface area contributed by atoms with Crippen LogP contribution < -0.4 is 4.74 Å². The van der Waals surface area contributed by atoms with Crippen LogP contribution in [-0.4, -0.2) is 12.4 Å². The Morgan fingerprint density at radius 1 is 1.33 bits per heavy atom. The maximum Gasteiger partial charge on any atom is 0.230 e. The molecule has 1 unspecified atom stereocenters. The Morgan fingerprint density at radius 3 is 3.07 bits per heavy atom. The van der Waals surface area contributed by atoms with Gasteiger partial charge in [-0.15, -0.1) is 0 Å². The number of benzene rings is 1. The van der Waals surface area contributed by atoms with Gasteiger partial charge in [-0.2, -0.15) is 0 Å². The molecule has 2 aliphatic heterocycles. The van der Waals surface area contributed by atoms with Gasteiger partial charge in [-0.1, -0.05) is 0 Å². The average Bonchev–Trinajstić information content (AvgIpc) is 2.67. The van der Waals surface area contributed by atoms with E-state index in [1.54, 1.807) is 0 Å². The Labute approximate surface area is 102 Å². The first-order valence-corrected chi connectivity index (χ1v) is 6.17. The zero-order valence-corrected chi connectivity index (χ0v) is 10.4. The minimum absolute atomic E-state index is 0.472. The van der Waals surface area contributed by atoms with E-state index in [-0.39, 0.29) is 0 Å². The first kappa shape index (κ1) is 9.66. The summed E-state index contributed by atoms with van der Waals surface area (Å²) in [6, 6.07) is 6.19. The Morgan fingerprint density at radius 2 is 2.27 bits per heavy atom. The molecule has 0 aromatic heterocycles. The second-order valence-corrected chi connectivity index (χ2v) is 5.13. The molecule has 15 heavy (non-hydrogen) atoms. The van der Waals surface area contributed by atoms with Crippen LogP contribution >= 0.6 is 22.6 Å². The maximum absolute atomic E-state index is 5.92. The summed E-state index contributed by atoms with van der Waals surface area (Å²) in [7, 11) is 0. The molecule has 2 heterocycles. The van der Waals surface area contributed by atoms with Crippen LogP contribution in [0.25, 0.3) is 6.08 Å². The third-order valence-electron chi connectivity index (χ3n) is 2.79. The van der Waals surface area contributed by atoms with E-state index in [2.05, 4.69) is 40.8 Å². The van der Waals surface area contributed by atoms with Crippen LogP contribution in [0.5, 0.6) is 5.75 Å². The smallest absolute Gasteiger partial charge is 0.230 e. The summed E-state index contributed by atoms with van der Waals surface area (Å²) in [5.41, 5.74) is 1.14. The highest BCUT2D eigenvalue weighted by atomic mass is 127. The maximum atomic E-state index is 5.92. The zero-order valence-electron chi connectivity index (χ0n) is 8.20. The normalized spacial score (nSPS) is 27.8. The number of halogens is 1.